The lowest BCUT2D eigenvalue weighted by atomic mass is 10.0. The van der Waals surface area contributed by atoms with Gasteiger partial charge in [0.15, 0.2) is 6.61 Å². The molecule has 0 spiro atoms. The van der Waals surface area contributed by atoms with Gasteiger partial charge in [0.1, 0.15) is 11.8 Å². The maximum Gasteiger partial charge on any atom is 0.261 e. The van der Waals surface area contributed by atoms with E-state index in [4.69, 9.17) is 27.9 Å². The minimum absolute atomic E-state index is 0.0163. The van der Waals surface area contributed by atoms with Gasteiger partial charge in [0.25, 0.3) is 5.91 Å². The van der Waals surface area contributed by atoms with Crippen LogP contribution < -0.4 is 10.1 Å². The van der Waals surface area contributed by atoms with E-state index in [1.54, 1.807) is 25.1 Å². The largest absolute Gasteiger partial charge is 0.484 e. The number of carbonyl (C=O) groups excluding carboxylic acids is 2. The fraction of sp³-hybridized carbons (Fsp3) is 0.440. The van der Waals surface area contributed by atoms with Gasteiger partial charge in [0, 0.05) is 12.6 Å². The van der Waals surface area contributed by atoms with Gasteiger partial charge in [-0.05, 0) is 61.6 Å². The molecule has 0 aliphatic carbocycles. The summed E-state index contributed by atoms with van der Waals surface area (Å²) in [6, 6.07) is 12.2. The van der Waals surface area contributed by atoms with Gasteiger partial charge in [-0.3, -0.25) is 9.59 Å². The first-order valence-electron chi connectivity index (χ1n) is 10.9. The number of nitrogens with one attached hydrogen (secondary N) is 1. The molecule has 0 saturated carbocycles. The molecule has 0 heterocycles. The second-order valence-electron chi connectivity index (χ2n) is 8.28. The number of ether oxygens (including phenoxy) is 1. The van der Waals surface area contributed by atoms with Crippen LogP contribution in [0.5, 0.6) is 5.75 Å². The molecule has 2 aromatic rings. The van der Waals surface area contributed by atoms with Gasteiger partial charge in [0.2, 0.25) is 5.91 Å². The Bertz CT molecular complexity index is 916. The maximum absolute atomic E-state index is 13.1. The number of halogens is 2. The molecule has 2 amide bonds. The number of nitrogens with zero attached hydrogens (tertiary/aromatic N) is 1. The number of benzene rings is 2. The summed E-state index contributed by atoms with van der Waals surface area (Å²) >= 11 is 12.2. The van der Waals surface area contributed by atoms with Crippen LogP contribution in [0.1, 0.15) is 58.1 Å². The third-order valence-electron chi connectivity index (χ3n) is 5.41. The zero-order valence-corrected chi connectivity index (χ0v) is 20.8. The smallest absolute Gasteiger partial charge is 0.261 e. The summed E-state index contributed by atoms with van der Waals surface area (Å²) in [6.45, 7) is 9.90. The third-order valence-corrected chi connectivity index (χ3v) is 6.15. The molecule has 5 nitrogen and oxygen atoms in total. The van der Waals surface area contributed by atoms with Gasteiger partial charge in [-0.2, -0.15) is 0 Å². The topological polar surface area (TPSA) is 58.6 Å². The Kier molecular flexibility index (Phi) is 9.85. The predicted octanol–water partition coefficient (Wildman–Crippen LogP) is 5.83. The second-order valence-corrected chi connectivity index (χ2v) is 9.09. The molecule has 0 unspecified atom stereocenters. The average Bonchev–Trinajstić information content (AvgIpc) is 2.77. The molecular weight excluding hydrogens is 447 g/mol. The summed E-state index contributed by atoms with van der Waals surface area (Å²) in [7, 11) is 0. The fourth-order valence-corrected chi connectivity index (χ4v) is 3.38. The molecular formula is C25H32Cl2N2O3. The van der Waals surface area contributed by atoms with Gasteiger partial charge in [-0.25, -0.2) is 0 Å². The summed E-state index contributed by atoms with van der Waals surface area (Å²) in [6.07, 6.45) is 0.800. The van der Waals surface area contributed by atoms with Crippen LogP contribution in [0, 0.1) is 0 Å². The molecule has 0 fully saturated rings. The van der Waals surface area contributed by atoms with Crippen molar-refractivity contribution in [3.63, 3.8) is 0 Å². The minimum atomic E-state index is -0.683. The van der Waals surface area contributed by atoms with Crippen LogP contribution in [0.25, 0.3) is 0 Å². The Hall–Kier alpha value is -2.24. The monoisotopic (exact) mass is 478 g/mol. The Morgan fingerprint density at radius 3 is 2.22 bits per heavy atom. The molecule has 0 radical (unpaired) electrons. The van der Waals surface area contributed by atoms with Crippen molar-refractivity contribution >= 4 is 35.0 Å². The fourth-order valence-electron chi connectivity index (χ4n) is 3.06. The van der Waals surface area contributed by atoms with E-state index in [0.29, 0.717) is 21.7 Å². The minimum Gasteiger partial charge on any atom is -0.484 e. The highest BCUT2D eigenvalue weighted by atomic mass is 35.5. The normalized spacial score (nSPS) is 12.9. The molecule has 0 bridgehead atoms. The van der Waals surface area contributed by atoms with Crippen LogP contribution in [0.4, 0.5) is 0 Å². The van der Waals surface area contributed by atoms with E-state index in [-0.39, 0.29) is 31.0 Å². The molecule has 0 aromatic heterocycles. The van der Waals surface area contributed by atoms with Crippen LogP contribution in [-0.4, -0.2) is 35.4 Å². The molecule has 0 saturated heterocycles. The molecule has 1 N–H and O–H groups in total. The highest BCUT2D eigenvalue weighted by Crippen LogP contribution is 2.24. The van der Waals surface area contributed by atoms with Gasteiger partial charge in [-0.1, -0.05) is 62.2 Å². The molecule has 2 atom stereocenters. The van der Waals surface area contributed by atoms with Crippen LogP contribution in [0.2, 0.25) is 10.0 Å². The average molecular weight is 479 g/mol. The first-order chi connectivity index (χ1) is 15.1. The van der Waals surface area contributed by atoms with Crippen LogP contribution in [0.3, 0.4) is 0 Å². The molecule has 0 aliphatic heterocycles. The van der Waals surface area contributed by atoms with Gasteiger partial charge >= 0.3 is 0 Å². The summed E-state index contributed by atoms with van der Waals surface area (Å²) in [5.74, 6) is 0.510. The van der Waals surface area contributed by atoms with E-state index < -0.39 is 6.04 Å². The highest BCUT2D eigenvalue weighted by Gasteiger charge is 2.27. The van der Waals surface area contributed by atoms with Crippen molar-refractivity contribution in [1.29, 1.82) is 0 Å². The third kappa shape index (κ3) is 7.42. The Morgan fingerprint density at radius 1 is 1.00 bits per heavy atom. The molecule has 174 valence electrons. The molecule has 2 rings (SSSR count). The van der Waals surface area contributed by atoms with Crippen LogP contribution in [0.15, 0.2) is 42.5 Å². The quantitative estimate of drug-likeness (QED) is 0.467. The Balaban J connectivity index is 2.16. The molecule has 0 aliphatic rings. The Morgan fingerprint density at radius 2 is 1.66 bits per heavy atom. The first kappa shape index (κ1) is 26.0. The van der Waals surface area contributed by atoms with Gasteiger partial charge in [-0.15, -0.1) is 0 Å². The van der Waals surface area contributed by atoms with Gasteiger partial charge < -0.3 is 15.0 Å². The van der Waals surface area contributed by atoms with Crippen molar-refractivity contribution < 1.29 is 14.3 Å². The van der Waals surface area contributed by atoms with Crippen LogP contribution in [-0.2, 0) is 16.1 Å². The van der Waals surface area contributed by atoms with Crippen molar-refractivity contribution in [2.24, 2.45) is 0 Å². The SMILES string of the molecule is CC[C@H](C)NC(=O)[C@@H](C)N(Cc1ccc(Cl)c(Cl)c1)C(=O)COc1ccc(C(C)C)cc1. The second kappa shape index (κ2) is 12.1. The van der Waals surface area contributed by atoms with E-state index in [1.807, 2.05) is 38.1 Å². The van der Waals surface area contributed by atoms with Crippen molar-refractivity contribution in [2.75, 3.05) is 6.61 Å². The van der Waals surface area contributed by atoms with E-state index in [1.165, 1.54) is 10.5 Å². The number of rotatable bonds is 10. The summed E-state index contributed by atoms with van der Waals surface area (Å²) in [4.78, 5) is 27.4. The summed E-state index contributed by atoms with van der Waals surface area (Å²) in [5.41, 5.74) is 1.97. The van der Waals surface area contributed by atoms with Crippen molar-refractivity contribution in [3.05, 3.63) is 63.6 Å². The van der Waals surface area contributed by atoms with E-state index >= 15 is 0 Å². The lowest BCUT2D eigenvalue weighted by molar-refractivity contribution is -0.142. The molecule has 32 heavy (non-hydrogen) atoms. The molecule has 2 aromatic carbocycles. The van der Waals surface area contributed by atoms with Crippen molar-refractivity contribution in [2.45, 2.75) is 65.6 Å². The zero-order chi connectivity index (χ0) is 23.8. The zero-order valence-electron chi connectivity index (χ0n) is 19.3. The number of hydrogen-bond donors (Lipinski definition) is 1. The van der Waals surface area contributed by atoms with Crippen LogP contribution >= 0.6 is 23.2 Å². The van der Waals surface area contributed by atoms with E-state index in [0.717, 1.165) is 12.0 Å². The van der Waals surface area contributed by atoms with E-state index in [9.17, 15) is 9.59 Å². The lowest BCUT2D eigenvalue weighted by Crippen LogP contribution is -2.50. The van der Waals surface area contributed by atoms with Gasteiger partial charge in [0.05, 0.1) is 10.0 Å². The molecule has 7 heteroatoms. The Labute approximate surface area is 201 Å². The summed E-state index contributed by atoms with van der Waals surface area (Å²) in [5, 5.41) is 3.77. The van der Waals surface area contributed by atoms with Crippen molar-refractivity contribution in [3.8, 4) is 5.75 Å². The lowest BCUT2D eigenvalue weighted by Gasteiger charge is -2.29. The summed E-state index contributed by atoms with van der Waals surface area (Å²) < 4.78 is 5.73. The maximum atomic E-state index is 13.1. The highest BCUT2D eigenvalue weighted by molar-refractivity contribution is 6.42. The number of hydrogen-bond acceptors (Lipinski definition) is 3. The first-order valence-corrected chi connectivity index (χ1v) is 11.6. The van der Waals surface area contributed by atoms with Crippen molar-refractivity contribution in [1.82, 2.24) is 10.2 Å². The standard InChI is InChI=1S/C25H32Cl2N2O3/c1-6-17(4)28-25(31)18(5)29(14-19-7-12-22(26)23(27)13-19)24(30)15-32-21-10-8-20(9-11-21)16(2)3/h7-13,16-18H,6,14-15H2,1-5H3,(H,28,31)/t17-,18+/m0/s1. The predicted molar refractivity (Wildman–Crippen MR) is 130 cm³/mol. The number of amides is 2. The number of carbonyl (C=O) groups is 2. The van der Waals surface area contributed by atoms with E-state index in [2.05, 4.69) is 19.2 Å².